The molecule has 2 heterocycles. The predicted molar refractivity (Wildman–Crippen MR) is 124 cm³/mol. The number of nitrogens with one attached hydrogen (secondary N) is 2. The molecule has 0 bridgehead atoms. The van der Waals surface area contributed by atoms with Gasteiger partial charge in [0.2, 0.25) is 5.91 Å². The lowest BCUT2D eigenvalue weighted by molar-refractivity contribution is -0.130. The van der Waals surface area contributed by atoms with Crippen molar-refractivity contribution in [1.29, 1.82) is 0 Å². The summed E-state index contributed by atoms with van der Waals surface area (Å²) in [7, 11) is 0. The lowest BCUT2D eigenvalue weighted by Crippen LogP contribution is -2.43. The number of halogens is 1. The van der Waals surface area contributed by atoms with Crippen molar-refractivity contribution in [1.82, 2.24) is 20.4 Å². The summed E-state index contributed by atoms with van der Waals surface area (Å²) in [5.74, 6) is 2.11. The minimum Gasteiger partial charge on any atom is -0.357 e. The Morgan fingerprint density at radius 1 is 1.11 bits per heavy atom. The molecule has 0 aromatic rings. The van der Waals surface area contributed by atoms with E-state index >= 15 is 0 Å². The van der Waals surface area contributed by atoms with Crippen molar-refractivity contribution in [2.45, 2.75) is 58.8 Å². The van der Waals surface area contributed by atoms with E-state index in [0.29, 0.717) is 5.91 Å². The topological polar surface area (TPSA) is 60.0 Å². The Bertz CT molecular complexity index is 438. The first-order valence-corrected chi connectivity index (χ1v) is 10.7. The van der Waals surface area contributed by atoms with Gasteiger partial charge in [0.05, 0.1) is 0 Å². The molecule has 2 aliphatic heterocycles. The standard InChI is InChI=1S/C20H39N5O.HI/c1-3-21-20(23-12-17-24-15-9-18(2)10-16-24)22-11-7-14-25-13-6-4-5-8-19(25)26;/h18H,3-17H2,1-2H3,(H2,21,22,23);1H. The maximum atomic E-state index is 12.0. The highest BCUT2D eigenvalue weighted by molar-refractivity contribution is 14.0. The average Bonchev–Trinajstić information content (AvgIpc) is 2.84. The van der Waals surface area contributed by atoms with Gasteiger partial charge in [-0.2, -0.15) is 0 Å². The Labute approximate surface area is 182 Å². The molecular formula is C20H40IN5O. The smallest absolute Gasteiger partial charge is 0.222 e. The van der Waals surface area contributed by atoms with Crippen LogP contribution in [0.25, 0.3) is 0 Å². The van der Waals surface area contributed by atoms with Crippen LogP contribution in [0.1, 0.15) is 58.8 Å². The molecule has 2 aliphatic rings. The minimum absolute atomic E-state index is 0. The van der Waals surface area contributed by atoms with E-state index in [0.717, 1.165) is 76.8 Å². The molecule has 2 rings (SSSR count). The fraction of sp³-hybridized carbons (Fsp3) is 0.900. The van der Waals surface area contributed by atoms with Gasteiger partial charge >= 0.3 is 0 Å². The molecule has 6 nitrogen and oxygen atoms in total. The van der Waals surface area contributed by atoms with Crippen molar-refractivity contribution in [2.75, 3.05) is 52.4 Å². The Balaban J connectivity index is 0.00000364. The first kappa shape index (κ1) is 24.5. The second-order valence-electron chi connectivity index (χ2n) is 7.76. The first-order chi connectivity index (χ1) is 12.7. The summed E-state index contributed by atoms with van der Waals surface area (Å²) in [4.78, 5) is 21.3. The Kier molecular flexibility index (Phi) is 13.1. The Morgan fingerprint density at radius 3 is 2.63 bits per heavy atom. The van der Waals surface area contributed by atoms with E-state index in [-0.39, 0.29) is 24.0 Å². The molecule has 0 aliphatic carbocycles. The van der Waals surface area contributed by atoms with Gasteiger partial charge in [0.1, 0.15) is 0 Å². The summed E-state index contributed by atoms with van der Waals surface area (Å²) in [5.41, 5.74) is 0. The van der Waals surface area contributed by atoms with E-state index < -0.39 is 0 Å². The van der Waals surface area contributed by atoms with Crippen LogP contribution in [0.2, 0.25) is 0 Å². The zero-order valence-electron chi connectivity index (χ0n) is 17.3. The van der Waals surface area contributed by atoms with Crippen LogP contribution in [0, 0.1) is 5.92 Å². The molecule has 1 amide bonds. The summed E-state index contributed by atoms with van der Waals surface area (Å²) < 4.78 is 0. The number of piperidine rings is 1. The highest BCUT2D eigenvalue weighted by Crippen LogP contribution is 2.15. The largest absolute Gasteiger partial charge is 0.357 e. The molecular weight excluding hydrogens is 453 g/mol. The van der Waals surface area contributed by atoms with Crippen LogP contribution in [0.3, 0.4) is 0 Å². The molecule has 0 atom stereocenters. The van der Waals surface area contributed by atoms with E-state index in [4.69, 9.17) is 0 Å². The van der Waals surface area contributed by atoms with Crippen molar-refractivity contribution in [3.63, 3.8) is 0 Å². The number of likely N-dealkylation sites (tertiary alicyclic amines) is 2. The van der Waals surface area contributed by atoms with Crippen molar-refractivity contribution >= 4 is 35.8 Å². The van der Waals surface area contributed by atoms with Crippen LogP contribution < -0.4 is 10.6 Å². The number of aliphatic imine (C=N–C) groups is 1. The Hall–Kier alpha value is -0.570. The molecule has 27 heavy (non-hydrogen) atoms. The maximum absolute atomic E-state index is 12.0. The van der Waals surface area contributed by atoms with Crippen LogP contribution in [0.4, 0.5) is 0 Å². The third-order valence-electron chi connectivity index (χ3n) is 5.47. The number of guanidine groups is 1. The monoisotopic (exact) mass is 493 g/mol. The quantitative estimate of drug-likeness (QED) is 0.236. The highest BCUT2D eigenvalue weighted by Gasteiger charge is 2.16. The van der Waals surface area contributed by atoms with Gasteiger partial charge in [0.15, 0.2) is 5.96 Å². The lowest BCUT2D eigenvalue weighted by Gasteiger charge is -2.30. The molecule has 2 saturated heterocycles. The average molecular weight is 493 g/mol. The molecule has 2 N–H and O–H groups in total. The number of hydrogen-bond donors (Lipinski definition) is 2. The van der Waals surface area contributed by atoms with Crippen LogP contribution in [-0.4, -0.2) is 74.0 Å². The summed E-state index contributed by atoms with van der Waals surface area (Å²) in [6.07, 6.45) is 7.69. The molecule has 0 spiro atoms. The second kappa shape index (κ2) is 14.4. The molecule has 0 aromatic carbocycles. The number of amides is 1. The van der Waals surface area contributed by atoms with E-state index in [1.54, 1.807) is 0 Å². The molecule has 2 fully saturated rings. The molecule has 0 unspecified atom stereocenters. The van der Waals surface area contributed by atoms with E-state index in [1.807, 2.05) is 4.90 Å². The summed E-state index contributed by atoms with van der Waals surface area (Å²) in [6, 6.07) is 0. The second-order valence-corrected chi connectivity index (χ2v) is 7.76. The van der Waals surface area contributed by atoms with Crippen LogP contribution >= 0.6 is 24.0 Å². The Morgan fingerprint density at radius 2 is 1.89 bits per heavy atom. The SMILES string of the molecule is CCNC(=NCCCN1CCCCCC1=O)NCCN1CCC(C)CC1.I. The number of carbonyl (C=O) groups excluding carboxylic acids is 1. The van der Waals surface area contributed by atoms with Gasteiger partial charge in [-0.25, -0.2) is 0 Å². The third-order valence-corrected chi connectivity index (χ3v) is 5.47. The number of carbonyl (C=O) groups is 1. The van der Waals surface area contributed by atoms with Gasteiger partial charge in [-0.15, -0.1) is 24.0 Å². The predicted octanol–water partition coefficient (Wildman–Crippen LogP) is 2.68. The first-order valence-electron chi connectivity index (χ1n) is 10.7. The van der Waals surface area contributed by atoms with Gasteiger partial charge in [-0.1, -0.05) is 13.3 Å². The van der Waals surface area contributed by atoms with Gasteiger partial charge < -0.3 is 20.4 Å². The van der Waals surface area contributed by atoms with Crippen LogP contribution in [-0.2, 0) is 4.79 Å². The fourth-order valence-electron chi connectivity index (χ4n) is 3.69. The summed E-state index contributed by atoms with van der Waals surface area (Å²) in [5, 5.41) is 6.78. The van der Waals surface area contributed by atoms with Gasteiger partial charge in [-0.3, -0.25) is 9.79 Å². The molecule has 158 valence electrons. The van der Waals surface area contributed by atoms with Gasteiger partial charge in [0, 0.05) is 45.7 Å². The van der Waals surface area contributed by atoms with Gasteiger partial charge in [-0.05, 0) is 58.0 Å². The van der Waals surface area contributed by atoms with E-state index in [9.17, 15) is 4.79 Å². The number of nitrogens with zero attached hydrogens (tertiary/aromatic N) is 3. The van der Waals surface area contributed by atoms with E-state index in [1.165, 1.54) is 32.4 Å². The zero-order valence-corrected chi connectivity index (χ0v) is 19.7. The summed E-state index contributed by atoms with van der Waals surface area (Å²) in [6.45, 7) is 12.3. The molecule has 0 aromatic heterocycles. The summed E-state index contributed by atoms with van der Waals surface area (Å²) >= 11 is 0. The highest BCUT2D eigenvalue weighted by atomic mass is 127. The molecule has 0 saturated carbocycles. The van der Waals surface area contributed by atoms with Crippen molar-refractivity contribution in [2.24, 2.45) is 10.9 Å². The van der Waals surface area contributed by atoms with Crippen molar-refractivity contribution in [3.8, 4) is 0 Å². The normalized spacial score (nSPS) is 20.1. The third kappa shape index (κ3) is 9.96. The fourth-order valence-corrected chi connectivity index (χ4v) is 3.69. The minimum atomic E-state index is 0. The van der Waals surface area contributed by atoms with Crippen molar-refractivity contribution in [3.05, 3.63) is 0 Å². The number of rotatable bonds is 8. The molecule has 0 radical (unpaired) electrons. The maximum Gasteiger partial charge on any atom is 0.222 e. The van der Waals surface area contributed by atoms with E-state index in [2.05, 4.69) is 34.4 Å². The zero-order chi connectivity index (χ0) is 18.6. The van der Waals surface area contributed by atoms with Crippen LogP contribution in [0.5, 0.6) is 0 Å². The van der Waals surface area contributed by atoms with Gasteiger partial charge in [0.25, 0.3) is 0 Å². The lowest BCUT2D eigenvalue weighted by atomic mass is 9.99. The van der Waals surface area contributed by atoms with Crippen molar-refractivity contribution < 1.29 is 4.79 Å². The number of hydrogen-bond acceptors (Lipinski definition) is 3. The molecule has 7 heteroatoms. The van der Waals surface area contributed by atoms with Crippen LogP contribution in [0.15, 0.2) is 4.99 Å².